The maximum Gasteiger partial charge on any atom is 0.310 e. The number of nitrogens with zero attached hydrogens (tertiary/aromatic N) is 3. The molecule has 1 aliphatic heterocycles. The summed E-state index contributed by atoms with van der Waals surface area (Å²) in [4.78, 5) is 10.8. The van der Waals surface area contributed by atoms with Gasteiger partial charge in [0, 0.05) is 12.7 Å². The van der Waals surface area contributed by atoms with E-state index in [9.17, 15) is 13.0 Å². The molecule has 1 aromatic rings. The number of aryl methyl sites for hydroxylation is 1. The molecule has 0 saturated heterocycles. The minimum atomic E-state index is -4.36. The molecule has 94 valence electrons. The molecule has 0 aliphatic carbocycles. The van der Waals surface area contributed by atoms with E-state index >= 15 is 0 Å². The number of hydrogen-bond acceptors (Lipinski definition) is 5. The average molecular weight is 258 g/mol. The summed E-state index contributed by atoms with van der Waals surface area (Å²) in [5, 5.41) is 0.672. The van der Waals surface area contributed by atoms with E-state index in [4.69, 9.17) is 0 Å². The van der Waals surface area contributed by atoms with Crippen LogP contribution in [-0.4, -0.2) is 39.9 Å². The van der Waals surface area contributed by atoms with Gasteiger partial charge in [0.1, 0.15) is 11.2 Å². The fourth-order valence-corrected chi connectivity index (χ4v) is 2.48. The largest absolute Gasteiger partial charge is 0.339 e. The predicted molar refractivity (Wildman–Crippen MR) is 60.9 cm³/mol. The molecule has 2 rings (SSSR count). The van der Waals surface area contributed by atoms with Gasteiger partial charge in [-0.1, -0.05) is 0 Å². The van der Waals surface area contributed by atoms with E-state index in [0.29, 0.717) is 22.4 Å². The Labute approximate surface area is 98.6 Å². The van der Waals surface area contributed by atoms with Gasteiger partial charge < -0.3 is 9.88 Å². The minimum Gasteiger partial charge on any atom is -0.339 e. The Hall–Kier alpha value is -1.41. The topological polar surface area (TPSA) is 98.7 Å². The third-order valence-electron chi connectivity index (χ3n) is 3.09. The van der Waals surface area contributed by atoms with E-state index in [2.05, 4.69) is 15.0 Å². The molecule has 0 amide bonds. The first-order chi connectivity index (χ1) is 7.67. The highest BCUT2D eigenvalue weighted by molar-refractivity contribution is 7.87. The lowest BCUT2D eigenvalue weighted by molar-refractivity contribution is 0.276. The molecule has 2 N–H and O–H groups in total. The molecule has 1 atom stereocenters. The molecule has 0 radical (unpaired) electrons. The van der Waals surface area contributed by atoms with E-state index in [1.54, 1.807) is 20.9 Å². The van der Waals surface area contributed by atoms with E-state index in [1.807, 2.05) is 0 Å². The quantitative estimate of drug-likeness (QED) is 0.628. The second-order valence-electron chi connectivity index (χ2n) is 4.19. The average Bonchev–Trinajstić information content (AvgIpc) is 2.54. The normalized spacial score (nSPS) is 24.5. The van der Waals surface area contributed by atoms with Crippen LogP contribution in [0, 0.1) is 6.92 Å². The lowest BCUT2D eigenvalue weighted by atomic mass is 10.3. The van der Waals surface area contributed by atoms with E-state index in [1.165, 1.54) is 11.8 Å². The highest BCUT2D eigenvalue weighted by Gasteiger charge is 2.44. The van der Waals surface area contributed by atoms with Crippen molar-refractivity contribution in [3.63, 3.8) is 0 Å². The van der Waals surface area contributed by atoms with Crippen LogP contribution in [0.25, 0.3) is 5.70 Å². The fourth-order valence-electron chi connectivity index (χ4n) is 1.79. The lowest BCUT2D eigenvalue weighted by Crippen LogP contribution is -2.55. The van der Waals surface area contributed by atoms with Crippen molar-refractivity contribution in [1.82, 2.24) is 14.9 Å². The van der Waals surface area contributed by atoms with Gasteiger partial charge in [-0.15, -0.1) is 0 Å². The second-order valence-corrected chi connectivity index (χ2v) is 5.91. The predicted octanol–water partition coefficient (Wildman–Crippen LogP) is -1.03. The van der Waals surface area contributed by atoms with Gasteiger partial charge in [-0.05, 0) is 20.8 Å². The standard InChI is InChI=1S/C9H14N4O3S/c1-5-7-8(11-6(2)10-7)12-9(3,13(5)4)17(14,15)16/h1-4H3,(H,10,11,12)(H,14,15,16). The fraction of sp³-hybridized carbons (Fsp3) is 0.556. The van der Waals surface area contributed by atoms with Crippen molar-refractivity contribution in [2.45, 2.75) is 25.8 Å². The van der Waals surface area contributed by atoms with Crippen LogP contribution in [0.4, 0.5) is 0 Å². The molecule has 1 aromatic heterocycles. The van der Waals surface area contributed by atoms with Crippen LogP contribution in [0.3, 0.4) is 0 Å². The zero-order chi connectivity index (χ0) is 13.0. The SMILES string of the molecule is CC1=c2[nH]c(C)nc2=NC(C)(S(=O)(=O)O)N1C. The molecular formula is C9H14N4O3S. The van der Waals surface area contributed by atoms with E-state index < -0.39 is 15.1 Å². The van der Waals surface area contributed by atoms with Crippen LogP contribution in [0.15, 0.2) is 4.99 Å². The Kier molecular flexibility index (Phi) is 2.34. The van der Waals surface area contributed by atoms with Crippen molar-refractivity contribution < 1.29 is 13.0 Å². The Morgan fingerprint density at radius 2 is 2.00 bits per heavy atom. The first-order valence-electron chi connectivity index (χ1n) is 5.01. The number of hydrogen-bond donors (Lipinski definition) is 2. The summed E-state index contributed by atoms with van der Waals surface area (Å²) >= 11 is 0. The first kappa shape index (κ1) is 12.1. The second kappa shape index (κ2) is 3.30. The van der Waals surface area contributed by atoms with Gasteiger partial charge in [-0.3, -0.25) is 4.55 Å². The number of aromatic nitrogens is 2. The van der Waals surface area contributed by atoms with Crippen LogP contribution in [0.1, 0.15) is 19.7 Å². The summed E-state index contributed by atoms with van der Waals surface area (Å²) in [6, 6.07) is 0. The van der Waals surface area contributed by atoms with Gasteiger partial charge in [0.15, 0.2) is 5.49 Å². The summed E-state index contributed by atoms with van der Waals surface area (Å²) < 4.78 is 32.2. The maximum atomic E-state index is 11.4. The maximum absolute atomic E-state index is 11.4. The summed E-state index contributed by atoms with van der Waals surface area (Å²) in [7, 11) is -2.80. The highest BCUT2D eigenvalue weighted by atomic mass is 32.2. The minimum absolute atomic E-state index is 0.304. The highest BCUT2D eigenvalue weighted by Crippen LogP contribution is 2.26. The summed E-state index contributed by atoms with van der Waals surface area (Å²) in [5.41, 5.74) is 0.967. The summed E-state index contributed by atoms with van der Waals surface area (Å²) in [6.07, 6.45) is 0. The number of H-pyrrole nitrogens is 1. The number of aromatic amines is 1. The zero-order valence-electron chi connectivity index (χ0n) is 10.0. The van der Waals surface area contributed by atoms with Crippen LogP contribution in [-0.2, 0) is 10.1 Å². The molecule has 2 heterocycles. The monoisotopic (exact) mass is 258 g/mol. The summed E-state index contributed by atoms with van der Waals surface area (Å²) in [5.74, 6) is 0.645. The molecule has 1 unspecified atom stereocenters. The van der Waals surface area contributed by atoms with Crippen molar-refractivity contribution in [2.75, 3.05) is 7.05 Å². The van der Waals surface area contributed by atoms with Crippen molar-refractivity contribution in [3.05, 3.63) is 16.7 Å². The molecule has 8 heteroatoms. The van der Waals surface area contributed by atoms with Gasteiger partial charge in [-0.2, -0.15) is 8.42 Å². The van der Waals surface area contributed by atoms with Gasteiger partial charge in [0.05, 0.1) is 0 Å². The van der Waals surface area contributed by atoms with Gasteiger partial charge in [-0.25, -0.2) is 9.98 Å². The molecule has 17 heavy (non-hydrogen) atoms. The number of imidazole rings is 1. The summed E-state index contributed by atoms with van der Waals surface area (Å²) in [6.45, 7) is 4.83. The van der Waals surface area contributed by atoms with E-state index in [-0.39, 0.29) is 0 Å². The molecule has 0 bridgehead atoms. The number of rotatable bonds is 1. The Morgan fingerprint density at radius 3 is 2.53 bits per heavy atom. The molecule has 0 fully saturated rings. The lowest BCUT2D eigenvalue weighted by Gasteiger charge is -2.35. The Balaban J connectivity index is 2.87. The molecule has 7 nitrogen and oxygen atoms in total. The van der Waals surface area contributed by atoms with E-state index in [0.717, 1.165) is 0 Å². The number of nitrogens with one attached hydrogen (secondary N) is 1. The van der Waals surface area contributed by atoms with Gasteiger partial charge in [0.25, 0.3) is 4.99 Å². The van der Waals surface area contributed by atoms with Crippen molar-refractivity contribution in [2.24, 2.45) is 4.99 Å². The molecular weight excluding hydrogens is 244 g/mol. The Morgan fingerprint density at radius 1 is 1.41 bits per heavy atom. The van der Waals surface area contributed by atoms with Crippen molar-refractivity contribution in [3.8, 4) is 0 Å². The van der Waals surface area contributed by atoms with Gasteiger partial charge in [0.2, 0.25) is 0 Å². The van der Waals surface area contributed by atoms with Gasteiger partial charge >= 0.3 is 10.1 Å². The van der Waals surface area contributed by atoms with Crippen molar-refractivity contribution >= 4 is 15.8 Å². The van der Waals surface area contributed by atoms with Crippen LogP contribution >= 0.6 is 0 Å². The molecule has 0 aromatic carbocycles. The Bertz CT molecular complexity index is 690. The third-order valence-corrected chi connectivity index (χ3v) is 4.43. The van der Waals surface area contributed by atoms with Crippen molar-refractivity contribution in [1.29, 1.82) is 0 Å². The first-order valence-corrected chi connectivity index (χ1v) is 6.45. The van der Waals surface area contributed by atoms with Crippen LogP contribution in [0.2, 0.25) is 0 Å². The third kappa shape index (κ3) is 1.55. The van der Waals surface area contributed by atoms with Crippen LogP contribution in [0.5, 0.6) is 0 Å². The van der Waals surface area contributed by atoms with Crippen LogP contribution < -0.4 is 10.8 Å². The molecule has 1 aliphatic rings. The molecule has 0 saturated carbocycles. The zero-order valence-corrected chi connectivity index (χ0v) is 10.8. The number of fused-ring (bicyclic) bond motifs is 1. The molecule has 0 spiro atoms. The smallest absolute Gasteiger partial charge is 0.310 e.